The van der Waals surface area contributed by atoms with Gasteiger partial charge in [-0.3, -0.25) is 0 Å². The molecule has 6 aromatic carbocycles. The Hall–Kier alpha value is -5.99. The van der Waals surface area contributed by atoms with E-state index < -0.39 is 0 Å². The van der Waals surface area contributed by atoms with Crippen molar-refractivity contribution in [1.82, 2.24) is 4.57 Å². The van der Waals surface area contributed by atoms with Crippen LogP contribution in [-0.4, -0.2) is 11.4 Å². The van der Waals surface area contributed by atoms with Crippen LogP contribution in [0.4, 0.5) is 0 Å². The van der Waals surface area contributed by atoms with Crippen molar-refractivity contribution in [1.29, 1.82) is 5.26 Å². The predicted molar refractivity (Wildman–Crippen MR) is 170 cm³/mol. The summed E-state index contributed by atoms with van der Waals surface area (Å²) in [6.07, 6.45) is 0. The third-order valence-corrected chi connectivity index (χ3v) is 8.44. The van der Waals surface area contributed by atoms with E-state index in [4.69, 9.17) is 13.9 Å². The maximum atomic E-state index is 9.53. The molecular weight excluding hydrogens is 532 g/mol. The molecular formula is C38H22N2O3. The molecule has 5 nitrogen and oxygen atoms in total. The van der Waals surface area contributed by atoms with Crippen LogP contribution in [0.25, 0.3) is 71.7 Å². The van der Waals surface area contributed by atoms with Crippen LogP contribution in [0.1, 0.15) is 5.56 Å². The number of rotatable bonds is 2. The number of aromatic nitrogens is 1. The SMILES string of the molecule is N#Cc1ccc2c(c1)c1ccccc1n2-c1ccc2c(c1)-c1ccc(-c3ccc4c(c3)oc3ccccc34)cc1OCO2. The molecule has 0 radical (unpaired) electrons. The zero-order chi connectivity index (χ0) is 28.5. The molecule has 0 bridgehead atoms. The van der Waals surface area contributed by atoms with Gasteiger partial charge in [-0.25, -0.2) is 0 Å². The summed E-state index contributed by atoms with van der Waals surface area (Å²) in [6.45, 7) is 0.123. The van der Waals surface area contributed by atoms with Crippen LogP contribution < -0.4 is 9.47 Å². The summed E-state index contributed by atoms with van der Waals surface area (Å²) in [5.74, 6) is 1.53. The van der Waals surface area contributed by atoms with Gasteiger partial charge in [0.15, 0.2) is 0 Å². The second-order valence-electron chi connectivity index (χ2n) is 10.8. The van der Waals surface area contributed by atoms with E-state index in [1.165, 1.54) is 0 Å². The molecule has 0 amide bonds. The summed E-state index contributed by atoms with van der Waals surface area (Å²) in [6, 6.07) is 43.5. The van der Waals surface area contributed by atoms with Crippen LogP contribution in [0.2, 0.25) is 0 Å². The molecule has 1 aliphatic heterocycles. The van der Waals surface area contributed by atoms with Crippen molar-refractivity contribution in [3.63, 3.8) is 0 Å². The zero-order valence-electron chi connectivity index (χ0n) is 22.9. The molecule has 3 heterocycles. The summed E-state index contributed by atoms with van der Waals surface area (Å²) in [7, 11) is 0. The molecule has 8 aromatic rings. The van der Waals surface area contributed by atoms with Gasteiger partial charge in [-0.1, -0.05) is 48.5 Å². The monoisotopic (exact) mass is 554 g/mol. The quantitative estimate of drug-likeness (QED) is 0.213. The van der Waals surface area contributed by atoms with Crippen molar-refractivity contribution >= 4 is 43.7 Å². The van der Waals surface area contributed by atoms with Gasteiger partial charge in [0.25, 0.3) is 0 Å². The maximum Gasteiger partial charge on any atom is 0.230 e. The highest BCUT2D eigenvalue weighted by atomic mass is 16.7. The highest BCUT2D eigenvalue weighted by Gasteiger charge is 2.20. The number of hydrogen-bond donors (Lipinski definition) is 0. The molecule has 0 atom stereocenters. The van der Waals surface area contributed by atoms with E-state index in [9.17, 15) is 5.26 Å². The lowest BCUT2D eigenvalue weighted by Gasteiger charge is -2.13. The van der Waals surface area contributed by atoms with Gasteiger partial charge in [0.2, 0.25) is 6.79 Å². The smallest absolute Gasteiger partial charge is 0.230 e. The van der Waals surface area contributed by atoms with Gasteiger partial charge in [0, 0.05) is 38.4 Å². The summed E-state index contributed by atoms with van der Waals surface area (Å²) < 4.78 is 20.6. The number of benzene rings is 6. The Labute approximate surface area is 246 Å². The van der Waals surface area contributed by atoms with E-state index in [1.54, 1.807) is 0 Å². The van der Waals surface area contributed by atoms with Gasteiger partial charge in [-0.15, -0.1) is 0 Å². The molecule has 1 aliphatic rings. The molecule has 0 N–H and O–H groups in total. The Morgan fingerprint density at radius 2 is 1.33 bits per heavy atom. The van der Waals surface area contributed by atoms with E-state index in [2.05, 4.69) is 77.4 Å². The largest absolute Gasteiger partial charge is 0.457 e. The van der Waals surface area contributed by atoms with Gasteiger partial charge >= 0.3 is 0 Å². The van der Waals surface area contributed by atoms with E-state index in [-0.39, 0.29) is 6.79 Å². The van der Waals surface area contributed by atoms with Crippen LogP contribution in [0.3, 0.4) is 0 Å². The summed E-state index contributed by atoms with van der Waals surface area (Å²) >= 11 is 0. The standard InChI is InChI=1S/C38H22N2O3/c39-21-23-9-15-34-31(17-23)27-5-1-3-7-33(27)40(34)26-12-16-35-32(20-26)30-14-11-24(18-37(30)42-22-41-35)25-10-13-29-28-6-2-4-8-36(28)43-38(29)19-25/h1-20H,22H2. The number of furan rings is 1. The lowest BCUT2D eigenvalue weighted by molar-refractivity contribution is 0.125. The van der Waals surface area contributed by atoms with Crippen molar-refractivity contribution in [2.45, 2.75) is 0 Å². The van der Waals surface area contributed by atoms with Crippen LogP contribution in [-0.2, 0) is 0 Å². The number of ether oxygens (including phenoxy) is 2. The fourth-order valence-corrected chi connectivity index (χ4v) is 6.42. The normalized spacial score (nSPS) is 12.4. The molecule has 0 unspecified atom stereocenters. The molecule has 43 heavy (non-hydrogen) atoms. The van der Waals surface area contributed by atoms with Crippen molar-refractivity contribution in [2.75, 3.05) is 6.79 Å². The third kappa shape index (κ3) is 3.57. The van der Waals surface area contributed by atoms with Crippen molar-refractivity contribution in [3.05, 3.63) is 127 Å². The van der Waals surface area contributed by atoms with Crippen molar-refractivity contribution in [2.24, 2.45) is 0 Å². The molecule has 5 heteroatoms. The Bertz CT molecular complexity index is 2460. The topological polar surface area (TPSA) is 60.3 Å². The second-order valence-corrected chi connectivity index (χ2v) is 10.8. The molecule has 202 valence electrons. The van der Waals surface area contributed by atoms with Crippen LogP contribution in [0.5, 0.6) is 11.5 Å². The van der Waals surface area contributed by atoms with Gasteiger partial charge < -0.3 is 18.5 Å². The van der Waals surface area contributed by atoms with Crippen LogP contribution in [0, 0.1) is 11.3 Å². The molecule has 0 fully saturated rings. The fraction of sp³-hybridized carbons (Fsp3) is 0.0263. The van der Waals surface area contributed by atoms with E-state index >= 15 is 0 Å². The first kappa shape index (κ1) is 23.7. The molecule has 0 spiro atoms. The number of hydrogen-bond acceptors (Lipinski definition) is 4. The van der Waals surface area contributed by atoms with Gasteiger partial charge in [0.05, 0.1) is 22.7 Å². The zero-order valence-corrected chi connectivity index (χ0v) is 22.9. The molecule has 0 aliphatic carbocycles. The number of fused-ring (bicyclic) bond motifs is 9. The van der Waals surface area contributed by atoms with Crippen molar-refractivity contribution in [3.8, 4) is 45.5 Å². The van der Waals surface area contributed by atoms with Crippen molar-refractivity contribution < 1.29 is 13.9 Å². The Morgan fingerprint density at radius 1 is 0.558 bits per heavy atom. The number of nitriles is 1. The first-order valence-electron chi connectivity index (χ1n) is 14.1. The van der Waals surface area contributed by atoms with Gasteiger partial charge in [0.1, 0.15) is 22.7 Å². The fourth-order valence-electron chi connectivity index (χ4n) is 6.42. The Kier molecular flexibility index (Phi) is 4.96. The number of para-hydroxylation sites is 2. The highest BCUT2D eigenvalue weighted by molar-refractivity contribution is 6.10. The molecule has 0 saturated carbocycles. The van der Waals surface area contributed by atoms with Crippen LogP contribution in [0.15, 0.2) is 126 Å². The first-order valence-corrected chi connectivity index (χ1v) is 14.1. The van der Waals surface area contributed by atoms with E-state index in [1.807, 2.05) is 54.6 Å². The molecule has 9 rings (SSSR count). The molecule has 0 saturated heterocycles. The minimum absolute atomic E-state index is 0.123. The minimum atomic E-state index is 0.123. The van der Waals surface area contributed by atoms with Crippen LogP contribution >= 0.6 is 0 Å². The second kappa shape index (κ2) is 9.01. The minimum Gasteiger partial charge on any atom is -0.457 e. The van der Waals surface area contributed by atoms with Gasteiger partial charge in [-0.2, -0.15) is 5.26 Å². The Morgan fingerprint density at radius 3 is 2.26 bits per heavy atom. The lowest BCUT2D eigenvalue weighted by atomic mass is 9.97. The predicted octanol–water partition coefficient (Wildman–Crippen LogP) is 9.62. The average Bonchev–Trinajstić information content (AvgIpc) is 3.53. The first-order chi connectivity index (χ1) is 21.2. The van der Waals surface area contributed by atoms with E-state index in [0.717, 1.165) is 83.2 Å². The van der Waals surface area contributed by atoms with Gasteiger partial charge in [-0.05, 0) is 83.9 Å². The maximum absolute atomic E-state index is 9.53. The third-order valence-electron chi connectivity index (χ3n) is 8.44. The highest BCUT2D eigenvalue weighted by Crippen LogP contribution is 2.43. The average molecular weight is 555 g/mol. The molecule has 2 aromatic heterocycles. The van der Waals surface area contributed by atoms with E-state index in [0.29, 0.717) is 5.56 Å². The lowest BCUT2D eigenvalue weighted by Crippen LogP contribution is -2.03. The summed E-state index contributed by atoms with van der Waals surface area (Å²) in [4.78, 5) is 0. The summed E-state index contributed by atoms with van der Waals surface area (Å²) in [5, 5.41) is 13.9. The Balaban J connectivity index is 1.18. The summed E-state index contributed by atoms with van der Waals surface area (Å²) in [5.41, 5.74) is 9.55. The number of nitrogens with zero attached hydrogens (tertiary/aromatic N) is 2.